The smallest absolute Gasteiger partial charge is 0.272 e. The van der Waals surface area contributed by atoms with Crippen molar-refractivity contribution in [2.75, 3.05) is 26.7 Å². The van der Waals surface area contributed by atoms with Crippen molar-refractivity contribution in [2.45, 2.75) is 29.1 Å². The van der Waals surface area contributed by atoms with Gasteiger partial charge in [-0.3, -0.25) is 4.90 Å². The fraction of sp³-hybridized carbons (Fsp3) is 0.345. The minimum absolute atomic E-state index is 0.0139. The maximum Gasteiger partial charge on any atom is 0.272 e. The number of aliphatic hydroxyl groups is 2. The molecule has 2 aliphatic heterocycles. The largest absolute Gasteiger partial charge is 0.481 e. The number of pyridine rings is 1. The molecule has 10 heteroatoms. The van der Waals surface area contributed by atoms with Crippen molar-refractivity contribution in [3.05, 3.63) is 88.6 Å². The Balaban J connectivity index is 1.62. The number of likely N-dealkylation sites (tertiary alicyclic amines) is 1. The second-order valence-corrected chi connectivity index (χ2v) is 10.4. The molecule has 8 nitrogen and oxygen atoms in total. The number of aromatic nitrogens is 1. The summed E-state index contributed by atoms with van der Waals surface area (Å²) in [7, 11) is 1.37. The van der Waals surface area contributed by atoms with Crippen LogP contribution in [0.25, 0.3) is 0 Å². The third-order valence-electron chi connectivity index (χ3n) is 8.11. The lowest BCUT2D eigenvalue weighted by Gasteiger charge is -2.43. The lowest BCUT2D eigenvalue weighted by Crippen LogP contribution is -2.59. The summed E-state index contributed by atoms with van der Waals surface area (Å²) in [5.74, 6) is -7.93. The van der Waals surface area contributed by atoms with Crippen molar-refractivity contribution in [3.8, 4) is 23.8 Å². The summed E-state index contributed by atoms with van der Waals surface area (Å²) in [5, 5.41) is 43.0. The number of methoxy groups -OCH3 is 1. The van der Waals surface area contributed by atoms with E-state index in [1.807, 2.05) is 36.4 Å². The van der Waals surface area contributed by atoms with E-state index in [2.05, 4.69) is 11.1 Å². The highest BCUT2D eigenvalue weighted by Crippen LogP contribution is 2.70. The second kappa shape index (κ2) is 8.72. The van der Waals surface area contributed by atoms with Crippen molar-refractivity contribution < 1.29 is 28.5 Å². The Hall–Kier alpha value is -4.09. The summed E-state index contributed by atoms with van der Waals surface area (Å²) in [5.41, 5.74) is 0.528. The summed E-state index contributed by atoms with van der Waals surface area (Å²) in [6.07, 6.45) is 0. The Morgan fingerprint density at radius 1 is 1.08 bits per heavy atom. The molecule has 2 N–H and O–H groups in total. The highest BCUT2D eigenvalue weighted by Gasteiger charge is 2.74. The monoisotopic (exact) mass is 530 g/mol. The van der Waals surface area contributed by atoms with E-state index in [-0.39, 0.29) is 29.4 Å². The van der Waals surface area contributed by atoms with Gasteiger partial charge < -0.3 is 19.7 Å². The molecule has 3 aliphatic rings. The molecule has 6 rings (SSSR count). The molecule has 1 aromatic heterocycles. The molecule has 0 radical (unpaired) electrons. The van der Waals surface area contributed by atoms with Crippen LogP contribution in [0.4, 0.5) is 8.78 Å². The standard InChI is InChI=1S/C29H24F2N4O4/c1-38-26-23-22(11-20(13-33)34-26)39-28(19-9-7-17(12-32)8-10-19)24(18-5-3-2-4-6-18)21(29(36,37)25(23)28)14-35-15-27(30,31)16-35/h2-11,21,24-25,36-37H,14-16H2,1H3/t21-,24-,25+,28-/m1/s1. The molecule has 39 heavy (non-hydrogen) atoms. The van der Waals surface area contributed by atoms with Crippen LogP contribution in [-0.4, -0.2) is 58.6 Å². The maximum absolute atomic E-state index is 13.8. The molecule has 1 aliphatic carbocycles. The highest BCUT2D eigenvalue weighted by atomic mass is 19.3. The Kier molecular flexibility index (Phi) is 5.63. The number of fused-ring (bicyclic) bond motifs is 3. The van der Waals surface area contributed by atoms with Gasteiger partial charge in [0.1, 0.15) is 17.5 Å². The molecule has 3 heterocycles. The van der Waals surface area contributed by atoms with Gasteiger partial charge in [-0.2, -0.15) is 10.5 Å². The lowest BCUT2D eigenvalue weighted by atomic mass is 9.72. The molecule has 0 bridgehead atoms. The minimum Gasteiger partial charge on any atom is -0.481 e. The first kappa shape index (κ1) is 25.2. The van der Waals surface area contributed by atoms with Gasteiger partial charge in [0.2, 0.25) is 5.88 Å². The molecular formula is C29H24F2N4O4. The number of alkyl halides is 2. The summed E-state index contributed by atoms with van der Waals surface area (Å²) >= 11 is 0. The zero-order valence-corrected chi connectivity index (χ0v) is 20.9. The fourth-order valence-electron chi connectivity index (χ4n) is 6.66. The van der Waals surface area contributed by atoms with E-state index in [0.717, 1.165) is 0 Å². The first-order valence-electron chi connectivity index (χ1n) is 12.4. The number of benzene rings is 2. The molecule has 0 amide bonds. The van der Waals surface area contributed by atoms with Gasteiger partial charge in [0.15, 0.2) is 11.4 Å². The molecule has 1 saturated heterocycles. The topological polar surface area (TPSA) is 123 Å². The van der Waals surface area contributed by atoms with E-state index in [9.17, 15) is 29.5 Å². The average molecular weight is 531 g/mol. The Morgan fingerprint density at radius 3 is 2.36 bits per heavy atom. The fourth-order valence-corrected chi connectivity index (χ4v) is 6.66. The second-order valence-electron chi connectivity index (χ2n) is 10.4. The van der Waals surface area contributed by atoms with Gasteiger partial charge in [-0.05, 0) is 23.3 Å². The van der Waals surface area contributed by atoms with Gasteiger partial charge >= 0.3 is 0 Å². The SMILES string of the molecule is COc1nc(C#N)cc2c1[C@@H]1C(O)(O)[C@H](CN3CC(F)(F)C3)[C@@H](c3ccccc3)[C@@]1(c1ccc(C#N)cc1)O2. The van der Waals surface area contributed by atoms with Crippen molar-refractivity contribution in [1.29, 1.82) is 10.5 Å². The van der Waals surface area contributed by atoms with E-state index < -0.39 is 48.2 Å². The Morgan fingerprint density at radius 2 is 1.77 bits per heavy atom. The van der Waals surface area contributed by atoms with Crippen LogP contribution in [0.15, 0.2) is 60.7 Å². The van der Waals surface area contributed by atoms with E-state index in [1.165, 1.54) is 18.1 Å². The third kappa shape index (κ3) is 3.68. The zero-order chi connectivity index (χ0) is 27.6. The van der Waals surface area contributed by atoms with Crippen LogP contribution in [0.1, 0.15) is 39.8 Å². The van der Waals surface area contributed by atoms with Crippen LogP contribution in [0.2, 0.25) is 0 Å². The number of hydrogen-bond acceptors (Lipinski definition) is 8. The van der Waals surface area contributed by atoms with Crippen molar-refractivity contribution in [2.24, 2.45) is 5.92 Å². The summed E-state index contributed by atoms with van der Waals surface area (Å²) in [6.45, 7) is -0.992. The number of hydrogen-bond donors (Lipinski definition) is 2. The molecular weight excluding hydrogens is 506 g/mol. The van der Waals surface area contributed by atoms with Crippen LogP contribution >= 0.6 is 0 Å². The van der Waals surface area contributed by atoms with E-state index in [1.54, 1.807) is 24.3 Å². The molecule has 2 fully saturated rings. The quantitative estimate of drug-likeness (QED) is 0.482. The van der Waals surface area contributed by atoms with E-state index in [4.69, 9.17) is 9.47 Å². The predicted octanol–water partition coefficient (Wildman–Crippen LogP) is 3.25. The summed E-state index contributed by atoms with van der Waals surface area (Å²) in [6, 6.07) is 21.3. The Bertz CT molecular complexity index is 1510. The maximum atomic E-state index is 13.8. The highest BCUT2D eigenvalue weighted by molar-refractivity contribution is 5.59. The van der Waals surface area contributed by atoms with Crippen LogP contribution in [-0.2, 0) is 5.60 Å². The molecule has 0 unspecified atom stereocenters. The number of ether oxygens (including phenoxy) is 2. The molecule has 198 valence electrons. The molecule has 2 aromatic carbocycles. The minimum atomic E-state index is -2.83. The van der Waals surface area contributed by atoms with E-state index >= 15 is 0 Å². The summed E-state index contributed by atoms with van der Waals surface area (Å²) < 4.78 is 39.9. The molecule has 3 aromatic rings. The van der Waals surface area contributed by atoms with Crippen LogP contribution in [0, 0.1) is 28.6 Å². The number of halogens is 2. The average Bonchev–Trinajstić information content (AvgIpc) is 3.36. The van der Waals surface area contributed by atoms with Crippen LogP contribution < -0.4 is 9.47 Å². The van der Waals surface area contributed by atoms with Gasteiger partial charge in [-0.15, -0.1) is 0 Å². The van der Waals surface area contributed by atoms with Gasteiger partial charge in [-0.25, -0.2) is 13.8 Å². The molecule has 0 spiro atoms. The Labute approximate surface area is 223 Å². The first-order valence-corrected chi connectivity index (χ1v) is 12.4. The zero-order valence-electron chi connectivity index (χ0n) is 20.9. The van der Waals surface area contributed by atoms with Gasteiger partial charge in [0, 0.05) is 24.4 Å². The number of rotatable bonds is 5. The normalized spacial score (nSPS) is 27.8. The third-order valence-corrected chi connectivity index (χ3v) is 8.11. The number of nitriles is 2. The first-order chi connectivity index (χ1) is 18.6. The van der Waals surface area contributed by atoms with Crippen LogP contribution in [0.3, 0.4) is 0 Å². The summed E-state index contributed by atoms with van der Waals surface area (Å²) in [4.78, 5) is 5.76. The molecule has 1 saturated carbocycles. The van der Waals surface area contributed by atoms with E-state index in [0.29, 0.717) is 16.7 Å². The van der Waals surface area contributed by atoms with Crippen molar-refractivity contribution >= 4 is 0 Å². The van der Waals surface area contributed by atoms with Gasteiger partial charge in [0.05, 0.1) is 43.3 Å². The van der Waals surface area contributed by atoms with Crippen LogP contribution in [0.5, 0.6) is 11.6 Å². The number of nitrogens with zero attached hydrogens (tertiary/aromatic N) is 4. The molecule has 4 atom stereocenters. The van der Waals surface area contributed by atoms with Crippen molar-refractivity contribution in [3.63, 3.8) is 0 Å². The van der Waals surface area contributed by atoms with Gasteiger partial charge in [-0.1, -0.05) is 42.5 Å². The lowest BCUT2D eigenvalue weighted by molar-refractivity contribution is -0.216. The van der Waals surface area contributed by atoms with Gasteiger partial charge in [0.25, 0.3) is 5.92 Å². The van der Waals surface area contributed by atoms with Crippen molar-refractivity contribution in [1.82, 2.24) is 9.88 Å². The predicted molar refractivity (Wildman–Crippen MR) is 133 cm³/mol.